The van der Waals surface area contributed by atoms with Crippen LogP contribution in [0.4, 0.5) is 5.69 Å². The minimum Gasteiger partial charge on any atom is -0.354 e. The van der Waals surface area contributed by atoms with Crippen LogP contribution in [0.15, 0.2) is 71.6 Å². The fourth-order valence-electron chi connectivity index (χ4n) is 3.80. The van der Waals surface area contributed by atoms with Gasteiger partial charge in [0.1, 0.15) is 12.6 Å². The molecule has 0 aliphatic carbocycles. The number of hydrogen-bond donors (Lipinski definition) is 1. The first-order valence-electron chi connectivity index (χ1n) is 12.3. The summed E-state index contributed by atoms with van der Waals surface area (Å²) in [4.78, 5) is 28.1. The van der Waals surface area contributed by atoms with Crippen molar-refractivity contribution in [2.24, 2.45) is 0 Å². The quantitative estimate of drug-likeness (QED) is 0.285. The molecule has 0 radical (unpaired) electrons. The third-order valence-corrected chi connectivity index (χ3v) is 8.91. The number of benzene rings is 3. The van der Waals surface area contributed by atoms with Crippen molar-refractivity contribution in [3.8, 4) is 0 Å². The highest BCUT2D eigenvalue weighted by molar-refractivity contribution is 7.92. The van der Waals surface area contributed by atoms with Crippen LogP contribution in [-0.2, 0) is 26.2 Å². The van der Waals surface area contributed by atoms with Crippen molar-refractivity contribution >= 4 is 62.3 Å². The number of nitrogens with one attached hydrogen (secondary N) is 1. The van der Waals surface area contributed by atoms with Crippen molar-refractivity contribution in [1.82, 2.24) is 10.2 Å². The van der Waals surface area contributed by atoms with E-state index in [0.717, 1.165) is 21.9 Å². The molecule has 0 saturated heterocycles. The number of nitrogens with zero attached hydrogens (tertiary/aromatic N) is 2. The van der Waals surface area contributed by atoms with Crippen molar-refractivity contribution in [2.45, 2.75) is 44.7 Å². The van der Waals surface area contributed by atoms with Crippen LogP contribution >= 0.6 is 34.8 Å². The van der Waals surface area contributed by atoms with Gasteiger partial charge in [-0.15, -0.1) is 0 Å². The monoisotopic (exact) mass is 609 g/mol. The number of anilines is 1. The summed E-state index contributed by atoms with van der Waals surface area (Å²) in [5.41, 5.74) is 1.64. The number of halogens is 3. The molecule has 11 heteroatoms. The molecule has 0 aromatic heterocycles. The van der Waals surface area contributed by atoms with Gasteiger partial charge in [0.25, 0.3) is 10.0 Å². The lowest BCUT2D eigenvalue weighted by Crippen LogP contribution is -2.51. The van der Waals surface area contributed by atoms with Crippen molar-refractivity contribution in [2.75, 3.05) is 17.4 Å². The van der Waals surface area contributed by atoms with Gasteiger partial charge in [0.05, 0.1) is 20.6 Å². The number of carbonyl (C=O) groups is 2. The van der Waals surface area contributed by atoms with Crippen LogP contribution in [0.1, 0.15) is 31.4 Å². The van der Waals surface area contributed by atoms with Gasteiger partial charge in [0, 0.05) is 18.1 Å². The predicted molar refractivity (Wildman–Crippen MR) is 157 cm³/mol. The summed E-state index contributed by atoms with van der Waals surface area (Å²) in [6.45, 7) is 5.24. The Morgan fingerprint density at radius 3 is 2.21 bits per heavy atom. The zero-order valence-corrected chi connectivity index (χ0v) is 24.9. The maximum absolute atomic E-state index is 13.9. The highest BCUT2D eigenvalue weighted by atomic mass is 35.5. The Morgan fingerprint density at radius 1 is 0.949 bits per heavy atom. The first kappa shape index (κ1) is 30.8. The van der Waals surface area contributed by atoms with Gasteiger partial charge in [0.15, 0.2) is 0 Å². The smallest absolute Gasteiger partial charge is 0.264 e. The van der Waals surface area contributed by atoms with E-state index >= 15 is 0 Å². The van der Waals surface area contributed by atoms with Crippen LogP contribution in [-0.4, -0.2) is 44.3 Å². The molecule has 1 atom stereocenters. The summed E-state index contributed by atoms with van der Waals surface area (Å²) in [5.74, 6) is -0.955. The van der Waals surface area contributed by atoms with Crippen molar-refractivity contribution < 1.29 is 18.0 Å². The van der Waals surface area contributed by atoms with E-state index in [2.05, 4.69) is 5.32 Å². The lowest BCUT2D eigenvalue weighted by Gasteiger charge is -2.32. The molecule has 3 aromatic rings. The molecule has 208 valence electrons. The van der Waals surface area contributed by atoms with E-state index in [-0.39, 0.29) is 33.1 Å². The maximum Gasteiger partial charge on any atom is 0.264 e. The zero-order chi connectivity index (χ0) is 28.7. The molecule has 0 bridgehead atoms. The normalized spacial score (nSPS) is 12.1. The largest absolute Gasteiger partial charge is 0.354 e. The van der Waals surface area contributed by atoms with Gasteiger partial charge >= 0.3 is 0 Å². The average Bonchev–Trinajstić information content (AvgIpc) is 2.91. The van der Waals surface area contributed by atoms with E-state index < -0.39 is 28.5 Å². The number of hydrogen-bond acceptors (Lipinski definition) is 4. The topological polar surface area (TPSA) is 86.8 Å². The highest BCUT2D eigenvalue weighted by Gasteiger charge is 2.33. The van der Waals surface area contributed by atoms with Gasteiger partial charge in [-0.25, -0.2) is 8.42 Å². The third kappa shape index (κ3) is 7.66. The average molecular weight is 611 g/mol. The summed E-state index contributed by atoms with van der Waals surface area (Å²) in [7, 11) is -4.25. The Labute approximate surface area is 244 Å². The first-order chi connectivity index (χ1) is 18.4. The fraction of sp³-hybridized carbons (Fsp3) is 0.286. The molecule has 3 rings (SSSR count). The number of rotatable bonds is 11. The van der Waals surface area contributed by atoms with E-state index in [9.17, 15) is 18.0 Å². The second-order valence-electron chi connectivity index (χ2n) is 9.01. The highest BCUT2D eigenvalue weighted by Crippen LogP contribution is 2.35. The molecule has 2 amide bonds. The number of amides is 2. The Balaban J connectivity index is 2.05. The Hall–Kier alpha value is -2.78. The first-order valence-corrected chi connectivity index (χ1v) is 14.9. The van der Waals surface area contributed by atoms with Gasteiger partial charge in [-0.2, -0.15) is 0 Å². The number of carbonyl (C=O) groups excluding carboxylic acids is 2. The molecule has 3 aromatic carbocycles. The molecule has 0 aliphatic heterocycles. The zero-order valence-electron chi connectivity index (χ0n) is 21.8. The molecule has 7 nitrogen and oxygen atoms in total. The molecule has 0 heterocycles. The molecular weight excluding hydrogens is 581 g/mol. The van der Waals surface area contributed by atoms with Gasteiger partial charge in [-0.1, -0.05) is 77.6 Å². The minimum absolute atomic E-state index is 0.0133. The molecule has 0 spiro atoms. The summed E-state index contributed by atoms with van der Waals surface area (Å²) in [6.07, 6.45) is 0.722. The van der Waals surface area contributed by atoms with E-state index in [1.807, 2.05) is 13.8 Å². The standard InChI is InChI=1S/C28H30Cl3N3O4S/c1-4-16-32-28(36)20(3)33(17-21-10-12-22(29)13-11-21)26(35)18-34(25-7-5-6-24(30)27(25)31)39(37,38)23-14-8-19(2)9-15-23/h5-15,20H,4,16-18H2,1-3H3,(H,32,36)/t20-/m1/s1. The minimum atomic E-state index is -4.25. The maximum atomic E-state index is 13.9. The molecule has 0 aliphatic rings. The SMILES string of the molecule is CCCNC(=O)[C@@H](C)N(Cc1ccc(Cl)cc1)C(=O)CN(c1cccc(Cl)c1Cl)S(=O)(=O)c1ccc(C)cc1. The van der Waals surface area contributed by atoms with E-state index in [4.69, 9.17) is 34.8 Å². The van der Waals surface area contributed by atoms with Crippen LogP contribution in [0.2, 0.25) is 15.1 Å². The number of aryl methyl sites for hydroxylation is 1. The van der Waals surface area contributed by atoms with Crippen LogP contribution in [0.25, 0.3) is 0 Å². The van der Waals surface area contributed by atoms with Crippen molar-refractivity contribution in [3.05, 3.63) is 92.9 Å². The summed E-state index contributed by atoms with van der Waals surface area (Å²) in [6, 6.07) is 16.8. The summed E-state index contributed by atoms with van der Waals surface area (Å²) < 4.78 is 28.7. The van der Waals surface area contributed by atoms with Crippen LogP contribution in [0, 0.1) is 6.92 Å². The van der Waals surface area contributed by atoms with Gasteiger partial charge in [0.2, 0.25) is 11.8 Å². The van der Waals surface area contributed by atoms with Gasteiger partial charge in [-0.3, -0.25) is 13.9 Å². The van der Waals surface area contributed by atoms with Crippen molar-refractivity contribution in [1.29, 1.82) is 0 Å². The molecule has 1 N–H and O–H groups in total. The Kier molecular flexibility index (Phi) is 10.7. The molecule has 0 fully saturated rings. The molecule has 0 unspecified atom stereocenters. The van der Waals surface area contributed by atoms with E-state index in [1.54, 1.807) is 49.4 Å². The van der Waals surface area contributed by atoms with Gasteiger partial charge < -0.3 is 10.2 Å². The lowest BCUT2D eigenvalue weighted by molar-refractivity contribution is -0.139. The predicted octanol–water partition coefficient (Wildman–Crippen LogP) is 6.09. The summed E-state index contributed by atoms with van der Waals surface area (Å²) in [5, 5.41) is 3.45. The molecule has 0 saturated carbocycles. The van der Waals surface area contributed by atoms with Crippen LogP contribution in [0.5, 0.6) is 0 Å². The Morgan fingerprint density at radius 2 is 1.59 bits per heavy atom. The summed E-state index contributed by atoms with van der Waals surface area (Å²) >= 11 is 18.7. The van der Waals surface area contributed by atoms with Crippen LogP contribution < -0.4 is 9.62 Å². The van der Waals surface area contributed by atoms with E-state index in [0.29, 0.717) is 11.6 Å². The Bertz CT molecular complexity index is 1410. The second kappa shape index (κ2) is 13.5. The second-order valence-corrected chi connectivity index (χ2v) is 12.1. The third-order valence-electron chi connectivity index (χ3n) is 6.07. The van der Waals surface area contributed by atoms with Gasteiger partial charge in [-0.05, 0) is 62.2 Å². The molecule has 39 heavy (non-hydrogen) atoms. The lowest BCUT2D eigenvalue weighted by atomic mass is 10.1. The van der Waals surface area contributed by atoms with E-state index in [1.165, 1.54) is 29.2 Å². The fourth-order valence-corrected chi connectivity index (χ4v) is 5.80. The molecular formula is C28H30Cl3N3O4S. The number of sulfonamides is 1. The van der Waals surface area contributed by atoms with Crippen LogP contribution in [0.3, 0.4) is 0 Å². The van der Waals surface area contributed by atoms with Crippen molar-refractivity contribution in [3.63, 3.8) is 0 Å².